The molecule has 0 aliphatic carbocycles. The molecule has 0 aliphatic heterocycles. The van der Waals surface area contributed by atoms with Crippen molar-refractivity contribution in [1.82, 2.24) is 0 Å². The van der Waals surface area contributed by atoms with Crippen molar-refractivity contribution in [3.8, 4) is 11.5 Å². The standard InChI is InChI=1S/C21H23NO4/c1-14(2)19-11-5-16(13-20(19)25-4)6-12-21(24)26-18-9-7-17(8-10-18)22-15(3)23/h5-14H,1-4H3,(H,22,23)/b12-6+. The number of benzene rings is 2. The first-order valence-electron chi connectivity index (χ1n) is 8.34. The fraction of sp³-hybridized carbons (Fsp3) is 0.238. The lowest BCUT2D eigenvalue weighted by Gasteiger charge is -2.12. The summed E-state index contributed by atoms with van der Waals surface area (Å²) in [6.45, 7) is 5.63. The number of rotatable bonds is 6. The number of ether oxygens (including phenoxy) is 2. The normalized spacial score (nSPS) is 10.8. The topological polar surface area (TPSA) is 64.6 Å². The van der Waals surface area contributed by atoms with Crippen molar-refractivity contribution in [2.75, 3.05) is 12.4 Å². The molecule has 0 aromatic heterocycles. The lowest BCUT2D eigenvalue weighted by Crippen LogP contribution is -2.06. The highest BCUT2D eigenvalue weighted by Gasteiger charge is 2.07. The molecule has 2 rings (SSSR count). The zero-order valence-electron chi connectivity index (χ0n) is 15.4. The van der Waals surface area contributed by atoms with Gasteiger partial charge < -0.3 is 14.8 Å². The van der Waals surface area contributed by atoms with Crippen LogP contribution in [0.3, 0.4) is 0 Å². The molecule has 0 saturated heterocycles. The van der Waals surface area contributed by atoms with Crippen molar-refractivity contribution in [3.63, 3.8) is 0 Å². The van der Waals surface area contributed by atoms with E-state index >= 15 is 0 Å². The monoisotopic (exact) mass is 353 g/mol. The van der Waals surface area contributed by atoms with Gasteiger partial charge in [-0.25, -0.2) is 4.79 Å². The van der Waals surface area contributed by atoms with Gasteiger partial charge in [-0.3, -0.25) is 4.79 Å². The lowest BCUT2D eigenvalue weighted by atomic mass is 10.00. The Labute approximate surface area is 153 Å². The average Bonchev–Trinajstić information content (AvgIpc) is 2.60. The Morgan fingerprint density at radius 3 is 2.35 bits per heavy atom. The van der Waals surface area contributed by atoms with Crippen LogP contribution in [0.25, 0.3) is 6.08 Å². The van der Waals surface area contributed by atoms with Crippen LogP contribution >= 0.6 is 0 Å². The molecule has 2 aromatic carbocycles. The van der Waals surface area contributed by atoms with Crippen molar-refractivity contribution in [1.29, 1.82) is 0 Å². The SMILES string of the molecule is COc1cc(/C=C/C(=O)Oc2ccc(NC(C)=O)cc2)ccc1C(C)C. The number of carbonyl (C=O) groups excluding carboxylic acids is 2. The molecule has 136 valence electrons. The minimum atomic E-state index is -0.482. The third-order valence-electron chi connectivity index (χ3n) is 3.68. The molecular formula is C21H23NO4. The van der Waals surface area contributed by atoms with Crippen LogP contribution in [0.4, 0.5) is 5.69 Å². The van der Waals surface area contributed by atoms with E-state index in [-0.39, 0.29) is 5.91 Å². The Hall–Kier alpha value is -3.08. The third kappa shape index (κ3) is 5.48. The predicted octanol–water partition coefficient (Wildman–Crippen LogP) is 4.40. The molecule has 0 atom stereocenters. The lowest BCUT2D eigenvalue weighted by molar-refractivity contribution is -0.128. The van der Waals surface area contributed by atoms with E-state index in [9.17, 15) is 9.59 Å². The van der Waals surface area contributed by atoms with Crippen molar-refractivity contribution < 1.29 is 19.1 Å². The molecule has 0 unspecified atom stereocenters. The quantitative estimate of drug-likeness (QED) is 0.475. The highest BCUT2D eigenvalue weighted by molar-refractivity contribution is 5.90. The first-order chi connectivity index (χ1) is 12.4. The average molecular weight is 353 g/mol. The van der Waals surface area contributed by atoms with Crippen LogP contribution in [-0.4, -0.2) is 19.0 Å². The van der Waals surface area contributed by atoms with Crippen LogP contribution in [0.5, 0.6) is 11.5 Å². The van der Waals surface area contributed by atoms with Gasteiger partial charge in [0.2, 0.25) is 5.91 Å². The first-order valence-corrected chi connectivity index (χ1v) is 8.34. The van der Waals surface area contributed by atoms with E-state index in [1.54, 1.807) is 37.5 Å². The van der Waals surface area contributed by atoms with Crippen LogP contribution in [0.15, 0.2) is 48.5 Å². The van der Waals surface area contributed by atoms with Crippen LogP contribution in [0, 0.1) is 0 Å². The van der Waals surface area contributed by atoms with Crippen molar-refractivity contribution >= 4 is 23.6 Å². The van der Waals surface area contributed by atoms with Gasteiger partial charge in [-0.2, -0.15) is 0 Å². The zero-order chi connectivity index (χ0) is 19.1. The van der Waals surface area contributed by atoms with Gasteiger partial charge in [0.1, 0.15) is 11.5 Å². The summed E-state index contributed by atoms with van der Waals surface area (Å²) < 4.78 is 10.7. The number of nitrogens with one attached hydrogen (secondary N) is 1. The molecule has 26 heavy (non-hydrogen) atoms. The van der Waals surface area contributed by atoms with E-state index in [1.165, 1.54) is 13.0 Å². The Balaban J connectivity index is 2.02. The Bertz CT molecular complexity index is 807. The summed E-state index contributed by atoms with van der Waals surface area (Å²) in [6, 6.07) is 12.4. The summed E-state index contributed by atoms with van der Waals surface area (Å²) in [4.78, 5) is 23.0. The van der Waals surface area contributed by atoms with E-state index in [1.807, 2.05) is 18.2 Å². The fourth-order valence-corrected chi connectivity index (χ4v) is 2.43. The summed E-state index contributed by atoms with van der Waals surface area (Å²) in [6.07, 6.45) is 3.05. The Kier molecular flexibility index (Phi) is 6.55. The van der Waals surface area contributed by atoms with E-state index in [0.29, 0.717) is 17.4 Å². The molecule has 0 heterocycles. The Morgan fingerprint density at radius 2 is 1.77 bits per heavy atom. The van der Waals surface area contributed by atoms with Gasteiger partial charge in [-0.05, 0) is 53.5 Å². The van der Waals surface area contributed by atoms with Crippen LogP contribution in [0.1, 0.15) is 37.8 Å². The number of carbonyl (C=O) groups is 2. The van der Waals surface area contributed by atoms with E-state index in [2.05, 4.69) is 19.2 Å². The number of hydrogen-bond donors (Lipinski definition) is 1. The van der Waals surface area contributed by atoms with Gasteiger partial charge in [0.25, 0.3) is 0 Å². The van der Waals surface area contributed by atoms with E-state index in [4.69, 9.17) is 9.47 Å². The largest absolute Gasteiger partial charge is 0.496 e. The second-order valence-electron chi connectivity index (χ2n) is 6.12. The maximum Gasteiger partial charge on any atom is 0.336 e. The fourth-order valence-electron chi connectivity index (χ4n) is 2.43. The molecule has 0 aliphatic rings. The molecule has 2 aromatic rings. The van der Waals surface area contributed by atoms with Crippen molar-refractivity contribution in [3.05, 3.63) is 59.7 Å². The van der Waals surface area contributed by atoms with Gasteiger partial charge >= 0.3 is 5.97 Å². The summed E-state index contributed by atoms with van der Waals surface area (Å²) in [5.41, 5.74) is 2.61. The summed E-state index contributed by atoms with van der Waals surface area (Å²) >= 11 is 0. The maximum atomic E-state index is 12.0. The smallest absolute Gasteiger partial charge is 0.336 e. The highest BCUT2D eigenvalue weighted by atomic mass is 16.5. The molecule has 1 N–H and O–H groups in total. The number of anilines is 1. The molecule has 0 bridgehead atoms. The second kappa shape index (κ2) is 8.85. The number of methoxy groups -OCH3 is 1. The molecular weight excluding hydrogens is 330 g/mol. The zero-order valence-corrected chi connectivity index (χ0v) is 15.4. The van der Waals surface area contributed by atoms with Crippen molar-refractivity contribution in [2.45, 2.75) is 26.7 Å². The van der Waals surface area contributed by atoms with Gasteiger partial charge in [-0.1, -0.05) is 26.0 Å². The predicted molar refractivity (Wildman–Crippen MR) is 102 cm³/mol. The maximum absolute atomic E-state index is 12.0. The third-order valence-corrected chi connectivity index (χ3v) is 3.68. The molecule has 0 spiro atoms. The number of hydrogen-bond acceptors (Lipinski definition) is 4. The van der Waals surface area contributed by atoms with Gasteiger partial charge in [0, 0.05) is 18.7 Å². The molecule has 0 radical (unpaired) electrons. The number of amides is 1. The first kappa shape index (κ1) is 19.2. The summed E-state index contributed by atoms with van der Waals surface area (Å²) in [5, 5.41) is 2.65. The van der Waals surface area contributed by atoms with Gasteiger partial charge in [0.05, 0.1) is 7.11 Å². The minimum absolute atomic E-state index is 0.156. The molecule has 0 fully saturated rings. The highest BCUT2D eigenvalue weighted by Crippen LogP contribution is 2.27. The van der Waals surface area contributed by atoms with E-state index < -0.39 is 5.97 Å². The van der Waals surface area contributed by atoms with Crippen LogP contribution < -0.4 is 14.8 Å². The Morgan fingerprint density at radius 1 is 1.08 bits per heavy atom. The summed E-state index contributed by atoms with van der Waals surface area (Å²) in [5.74, 6) is 0.916. The van der Waals surface area contributed by atoms with Gasteiger partial charge in [0.15, 0.2) is 0 Å². The number of esters is 1. The molecule has 0 saturated carbocycles. The van der Waals surface area contributed by atoms with Crippen LogP contribution in [-0.2, 0) is 9.59 Å². The van der Waals surface area contributed by atoms with E-state index in [0.717, 1.165) is 16.9 Å². The van der Waals surface area contributed by atoms with Crippen molar-refractivity contribution in [2.24, 2.45) is 0 Å². The minimum Gasteiger partial charge on any atom is -0.496 e. The molecule has 5 nitrogen and oxygen atoms in total. The second-order valence-corrected chi connectivity index (χ2v) is 6.12. The molecule has 1 amide bonds. The van der Waals surface area contributed by atoms with Crippen LogP contribution in [0.2, 0.25) is 0 Å². The van der Waals surface area contributed by atoms with Gasteiger partial charge in [-0.15, -0.1) is 0 Å². The molecule has 5 heteroatoms. The summed E-state index contributed by atoms with van der Waals surface area (Å²) in [7, 11) is 1.63.